The predicted molar refractivity (Wildman–Crippen MR) is 148 cm³/mol. The van der Waals surface area contributed by atoms with Crippen LogP contribution in [0.1, 0.15) is 97.4 Å². The fourth-order valence-corrected chi connectivity index (χ4v) is 6.48. The van der Waals surface area contributed by atoms with Crippen LogP contribution in [0, 0.1) is 17.8 Å². The second-order valence-electron chi connectivity index (χ2n) is 11.3. The summed E-state index contributed by atoms with van der Waals surface area (Å²) in [5.41, 5.74) is 4.34. The van der Waals surface area contributed by atoms with Crippen LogP contribution in [-0.2, 0) is 23.7 Å². The molecular formula is C32H46F4O2. The molecule has 4 rings (SSSR count). The SMILES string of the molecule is CC.CC(C)C1(C(C)C)CCc2cccc(OC(F)F)c21.CC(C)C1(C)CCc2c(OC(F)F)cccc21. The monoisotopic (exact) mass is 538 g/mol. The molecule has 0 fully saturated rings. The minimum atomic E-state index is -2.76. The van der Waals surface area contributed by atoms with E-state index in [4.69, 9.17) is 4.74 Å². The van der Waals surface area contributed by atoms with Gasteiger partial charge in [-0.05, 0) is 77.7 Å². The third-order valence-corrected chi connectivity index (χ3v) is 8.80. The Morgan fingerprint density at radius 3 is 1.74 bits per heavy atom. The molecule has 2 aliphatic rings. The zero-order valence-corrected chi connectivity index (χ0v) is 24.5. The van der Waals surface area contributed by atoms with E-state index in [9.17, 15) is 17.6 Å². The van der Waals surface area contributed by atoms with Gasteiger partial charge in [-0.1, -0.05) is 86.6 Å². The summed E-state index contributed by atoms with van der Waals surface area (Å²) in [7, 11) is 0. The van der Waals surface area contributed by atoms with Crippen molar-refractivity contribution in [3.8, 4) is 11.5 Å². The Hall–Kier alpha value is -2.24. The molecule has 0 bridgehead atoms. The average Bonchev–Trinajstić information content (AvgIpc) is 3.42. The van der Waals surface area contributed by atoms with Gasteiger partial charge in [0.05, 0.1) is 0 Å². The molecule has 2 aromatic carbocycles. The molecule has 2 aliphatic carbocycles. The first kappa shape index (κ1) is 32.0. The maximum atomic E-state index is 12.6. The van der Waals surface area contributed by atoms with Crippen molar-refractivity contribution in [2.24, 2.45) is 17.8 Å². The second-order valence-corrected chi connectivity index (χ2v) is 11.3. The summed E-state index contributed by atoms with van der Waals surface area (Å²) in [4.78, 5) is 0. The first-order chi connectivity index (χ1) is 17.8. The van der Waals surface area contributed by atoms with Gasteiger partial charge in [-0.15, -0.1) is 0 Å². The van der Waals surface area contributed by atoms with Crippen molar-refractivity contribution < 1.29 is 27.0 Å². The summed E-state index contributed by atoms with van der Waals surface area (Å²) < 4.78 is 59.3. The number of alkyl halides is 4. The zero-order chi connectivity index (χ0) is 28.8. The van der Waals surface area contributed by atoms with Gasteiger partial charge in [-0.25, -0.2) is 0 Å². The summed E-state index contributed by atoms with van der Waals surface area (Å²) in [6, 6.07) is 11.0. The van der Waals surface area contributed by atoms with Crippen molar-refractivity contribution in [2.75, 3.05) is 0 Å². The van der Waals surface area contributed by atoms with Crippen molar-refractivity contribution >= 4 is 0 Å². The Bertz CT molecular complexity index is 1020. The first-order valence-corrected chi connectivity index (χ1v) is 14.0. The number of halogens is 4. The summed E-state index contributed by atoms with van der Waals surface area (Å²) in [6.07, 6.45) is 3.80. The van der Waals surface area contributed by atoms with E-state index in [-0.39, 0.29) is 10.8 Å². The Morgan fingerprint density at radius 2 is 1.21 bits per heavy atom. The number of rotatable bonds is 7. The van der Waals surface area contributed by atoms with Gasteiger partial charge in [0.2, 0.25) is 0 Å². The van der Waals surface area contributed by atoms with Gasteiger partial charge < -0.3 is 9.47 Å². The van der Waals surface area contributed by atoms with Gasteiger partial charge in [0, 0.05) is 11.0 Å². The smallest absolute Gasteiger partial charge is 0.387 e. The molecule has 0 amide bonds. The lowest BCUT2D eigenvalue weighted by Crippen LogP contribution is -2.36. The highest BCUT2D eigenvalue weighted by Gasteiger charge is 2.46. The fourth-order valence-electron chi connectivity index (χ4n) is 6.48. The highest BCUT2D eigenvalue weighted by molar-refractivity contribution is 5.50. The highest BCUT2D eigenvalue weighted by atomic mass is 19.3. The molecule has 2 nitrogen and oxygen atoms in total. The minimum absolute atomic E-state index is 0.0547. The molecule has 1 atom stereocenters. The Kier molecular flexibility index (Phi) is 11.1. The average molecular weight is 539 g/mol. The standard InChI is InChI=1S/C16H22F2O.C14H18F2O.C2H6/c1-10(2)16(11(3)4)9-8-12-6-5-7-13(14(12)16)19-15(17)18;1-9(2)14(3)8-7-10-11(14)5-4-6-12(10)17-13(15)16;1-2/h5-7,10-11,15H,8-9H2,1-4H3;4-6,9,13H,7-8H2,1-3H3;1-2H3. The van der Waals surface area contributed by atoms with Gasteiger partial charge in [0.15, 0.2) is 0 Å². The normalized spacial score (nSPS) is 19.2. The topological polar surface area (TPSA) is 18.5 Å². The van der Waals surface area contributed by atoms with Crippen LogP contribution in [0.5, 0.6) is 11.5 Å². The molecule has 0 N–H and O–H groups in total. The molecular weight excluding hydrogens is 492 g/mol. The van der Waals surface area contributed by atoms with E-state index in [1.54, 1.807) is 12.1 Å². The van der Waals surface area contributed by atoms with E-state index in [1.807, 2.05) is 38.1 Å². The largest absolute Gasteiger partial charge is 0.435 e. The third-order valence-electron chi connectivity index (χ3n) is 8.80. The number of benzene rings is 2. The second kappa shape index (κ2) is 13.2. The Balaban J connectivity index is 0.000000252. The van der Waals surface area contributed by atoms with Gasteiger partial charge in [0.1, 0.15) is 11.5 Å². The molecule has 38 heavy (non-hydrogen) atoms. The molecule has 2 aromatic rings. The van der Waals surface area contributed by atoms with Crippen LogP contribution in [0.2, 0.25) is 0 Å². The van der Waals surface area contributed by atoms with E-state index >= 15 is 0 Å². The van der Waals surface area contributed by atoms with Crippen LogP contribution in [0.4, 0.5) is 17.6 Å². The Labute approximate surface area is 227 Å². The Morgan fingerprint density at radius 1 is 0.684 bits per heavy atom. The van der Waals surface area contributed by atoms with Crippen LogP contribution >= 0.6 is 0 Å². The summed E-state index contributed by atoms with van der Waals surface area (Å²) in [6.45, 7) is 13.8. The van der Waals surface area contributed by atoms with Gasteiger partial charge in [-0.2, -0.15) is 17.6 Å². The van der Waals surface area contributed by atoms with Crippen LogP contribution in [0.3, 0.4) is 0 Å². The molecule has 1 unspecified atom stereocenters. The third kappa shape index (κ3) is 6.31. The molecule has 0 radical (unpaired) electrons. The highest BCUT2D eigenvalue weighted by Crippen LogP contribution is 2.53. The van der Waals surface area contributed by atoms with Crippen LogP contribution in [-0.4, -0.2) is 13.2 Å². The maximum absolute atomic E-state index is 12.6. The summed E-state index contributed by atoms with van der Waals surface area (Å²) >= 11 is 0. The number of ether oxygens (including phenoxy) is 2. The molecule has 0 spiro atoms. The van der Waals surface area contributed by atoms with E-state index in [0.29, 0.717) is 29.3 Å². The summed E-state index contributed by atoms with van der Waals surface area (Å²) in [5, 5.41) is 0. The quantitative estimate of drug-likeness (QED) is 0.327. The lowest BCUT2D eigenvalue weighted by Gasteiger charge is -2.39. The van der Waals surface area contributed by atoms with Crippen molar-refractivity contribution in [1.29, 1.82) is 0 Å². The predicted octanol–water partition coefficient (Wildman–Crippen LogP) is 9.96. The lowest BCUT2D eigenvalue weighted by atomic mass is 9.65. The number of fused-ring (bicyclic) bond motifs is 2. The molecule has 0 aromatic heterocycles. The molecule has 0 saturated heterocycles. The van der Waals surface area contributed by atoms with E-state index < -0.39 is 13.2 Å². The van der Waals surface area contributed by atoms with Crippen molar-refractivity contribution in [3.05, 3.63) is 58.7 Å². The number of hydrogen-bond acceptors (Lipinski definition) is 2. The van der Waals surface area contributed by atoms with Crippen molar-refractivity contribution in [1.82, 2.24) is 0 Å². The van der Waals surface area contributed by atoms with E-state index in [0.717, 1.165) is 36.8 Å². The van der Waals surface area contributed by atoms with Crippen LogP contribution in [0.25, 0.3) is 0 Å². The van der Waals surface area contributed by atoms with Gasteiger partial charge in [-0.3, -0.25) is 0 Å². The number of aryl methyl sites for hydroxylation is 1. The van der Waals surface area contributed by atoms with Crippen molar-refractivity contribution in [3.63, 3.8) is 0 Å². The fraction of sp³-hybridized carbons (Fsp3) is 0.625. The van der Waals surface area contributed by atoms with Crippen LogP contribution in [0.15, 0.2) is 36.4 Å². The van der Waals surface area contributed by atoms with E-state index in [1.165, 1.54) is 11.1 Å². The van der Waals surface area contributed by atoms with Crippen LogP contribution < -0.4 is 9.47 Å². The van der Waals surface area contributed by atoms with E-state index in [2.05, 4.69) is 53.2 Å². The molecule has 6 heteroatoms. The summed E-state index contributed by atoms with van der Waals surface area (Å²) in [5.74, 6) is 2.01. The lowest BCUT2D eigenvalue weighted by molar-refractivity contribution is -0.0518. The van der Waals surface area contributed by atoms with Crippen molar-refractivity contribution in [2.45, 2.75) is 112 Å². The van der Waals surface area contributed by atoms with Gasteiger partial charge in [0.25, 0.3) is 0 Å². The molecule has 0 saturated carbocycles. The molecule has 0 heterocycles. The maximum Gasteiger partial charge on any atom is 0.387 e. The molecule has 214 valence electrons. The zero-order valence-electron chi connectivity index (χ0n) is 24.5. The van der Waals surface area contributed by atoms with Gasteiger partial charge >= 0.3 is 13.2 Å². The number of hydrogen-bond donors (Lipinski definition) is 0. The molecule has 0 aliphatic heterocycles. The minimum Gasteiger partial charge on any atom is -0.435 e. The first-order valence-electron chi connectivity index (χ1n) is 14.0.